The fourth-order valence-electron chi connectivity index (χ4n) is 2.20. The van der Waals surface area contributed by atoms with Crippen molar-refractivity contribution in [2.45, 2.75) is 38.8 Å². The highest BCUT2D eigenvalue weighted by molar-refractivity contribution is 5.74. The van der Waals surface area contributed by atoms with Gasteiger partial charge in [0.05, 0.1) is 12.6 Å². The van der Waals surface area contributed by atoms with Gasteiger partial charge in [-0.25, -0.2) is 4.79 Å². The molecule has 4 N–H and O–H groups in total. The van der Waals surface area contributed by atoms with Crippen molar-refractivity contribution in [3.63, 3.8) is 0 Å². The summed E-state index contributed by atoms with van der Waals surface area (Å²) < 4.78 is 5.71. The summed E-state index contributed by atoms with van der Waals surface area (Å²) in [6.07, 6.45) is 3.13. The number of hydrogen-bond donors (Lipinski definition) is 3. The third kappa shape index (κ3) is 4.09. The van der Waals surface area contributed by atoms with Crippen molar-refractivity contribution in [2.75, 3.05) is 25.4 Å². The van der Waals surface area contributed by atoms with Crippen LogP contribution >= 0.6 is 0 Å². The molecule has 1 fully saturated rings. The van der Waals surface area contributed by atoms with E-state index in [1.165, 1.54) is 0 Å². The standard InChI is InChI=1S/C12H22N6O2/c1-2-6-20-9-4-3-5-18(8-9)12(19)14-7-10-15-11(13)17-16-10/h9H,2-8H2,1H3,(H,14,19)(H3,13,15,16,17)/t9-/m1/s1. The Labute approximate surface area is 118 Å². The summed E-state index contributed by atoms with van der Waals surface area (Å²) in [5.41, 5.74) is 5.40. The smallest absolute Gasteiger partial charge is 0.317 e. The third-order valence-corrected chi connectivity index (χ3v) is 3.18. The molecule has 2 rings (SSSR count). The van der Waals surface area contributed by atoms with Crippen molar-refractivity contribution >= 4 is 12.0 Å². The van der Waals surface area contributed by atoms with Gasteiger partial charge in [-0.2, -0.15) is 4.98 Å². The Balaban J connectivity index is 1.76. The number of nitrogens with two attached hydrogens (primary N) is 1. The molecule has 112 valence electrons. The number of urea groups is 1. The molecule has 8 nitrogen and oxygen atoms in total. The molecular weight excluding hydrogens is 260 g/mol. The van der Waals surface area contributed by atoms with Gasteiger partial charge in [0.2, 0.25) is 5.95 Å². The lowest BCUT2D eigenvalue weighted by Gasteiger charge is -2.32. The first-order valence-electron chi connectivity index (χ1n) is 7.00. The lowest BCUT2D eigenvalue weighted by Crippen LogP contribution is -2.47. The number of likely N-dealkylation sites (tertiary alicyclic amines) is 1. The Morgan fingerprint density at radius 2 is 2.50 bits per heavy atom. The van der Waals surface area contributed by atoms with E-state index in [1.54, 1.807) is 4.90 Å². The van der Waals surface area contributed by atoms with E-state index in [2.05, 4.69) is 27.4 Å². The van der Waals surface area contributed by atoms with Gasteiger partial charge in [0, 0.05) is 19.7 Å². The van der Waals surface area contributed by atoms with Gasteiger partial charge >= 0.3 is 6.03 Å². The highest BCUT2D eigenvalue weighted by atomic mass is 16.5. The first-order chi connectivity index (χ1) is 9.69. The maximum absolute atomic E-state index is 12.1. The molecule has 0 radical (unpaired) electrons. The second-order valence-corrected chi connectivity index (χ2v) is 4.88. The van der Waals surface area contributed by atoms with Crippen LogP contribution in [0.4, 0.5) is 10.7 Å². The van der Waals surface area contributed by atoms with Crippen LogP contribution in [0.15, 0.2) is 0 Å². The van der Waals surface area contributed by atoms with E-state index < -0.39 is 0 Å². The molecule has 20 heavy (non-hydrogen) atoms. The van der Waals surface area contributed by atoms with Gasteiger partial charge in [-0.1, -0.05) is 6.92 Å². The SMILES string of the molecule is CCCO[C@@H]1CCCN(C(=O)NCc2nc(N)n[nH]2)C1. The van der Waals surface area contributed by atoms with Crippen LogP contribution in [-0.2, 0) is 11.3 Å². The minimum atomic E-state index is -0.107. The molecule has 0 bridgehead atoms. The van der Waals surface area contributed by atoms with Gasteiger partial charge in [-0.05, 0) is 19.3 Å². The number of anilines is 1. The molecule has 0 unspecified atom stereocenters. The normalized spacial score (nSPS) is 19.1. The van der Waals surface area contributed by atoms with E-state index in [1.807, 2.05) is 0 Å². The molecule has 0 aliphatic carbocycles. The van der Waals surface area contributed by atoms with Gasteiger partial charge < -0.3 is 20.7 Å². The number of rotatable bonds is 5. The lowest BCUT2D eigenvalue weighted by molar-refractivity contribution is 0.00999. The number of nitrogens with zero attached hydrogens (tertiary/aromatic N) is 3. The molecule has 0 spiro atoms. The van der Waals surface area contributed by atoms with Crippen LogP contribution in [0, 0.1) is 0 Å². The van der Waals surface area contributed by atoms with E-state index >= 15 is 0 Å². The van der Waals surface area contributed by atoms with Crippen LogP contribution in [0.1, 0.15) is 32.0 Å². The minimum absolute atomic E-state index is 0.107. The lowest BCUT2D eigenvalue weighted by atomic mass is 10.1. The fraction of sp³-hybridized carbons (Fsp3) is 0.750. The maximum atomic E-state index is 12.1. The zero-order valence-electron chi connectivity index (χ0n) is 11.8. The largest absolute Gasteiger partial charge is 0.376 e. The maximum Gasteiger partial charge on any atom is 0.317 e. The van der Waals surface area contributed by atoms with Crippen LogP contribution in [0.2, 0.25) is 0 Å². The average molecular weight is 282 g/mol. The highest BCUT2D eigenvalue weighted by Gasteiger charge is 2.23. The number of nitrogens with one attached hydrogen (secondary N) is 2. The average Bonchev–Trinajstić information content (AvgIpc) is 2.88. The molecule has 1 aliphatic rings. The number of piperidine rings is 1. The number of carbonyl (C=O) groups is 1. The first kappa shape index (κ1) is 14.6. The number of aromatic amines is 1. The Kier molecular flexibility index (Phi) is 5.16. The summed E-state index contributed by atoms with van der Waals surface area (Å²) >= 11 is 0. The summed E-state index contributed by atoms with van der Waals surface area (Å²) in [6, 6.07) is -0.107. The zero-order valence-corrected chi connectivity index (χ0v) is 11.8. The quantitative estimate of drug-likeness (QED) is 0.728. The number of nitrogen functional groups attached to an aromatic ring is 1. The Morgan fingerprint density at radius 3 is 3.20 bits per heavy atom. The van der Waals surface area contributed by atoms with E-state index in [4.69, 9.17) is 10.5 Å². The number of H-pyrrole nitrogens is 1. The Hall–Kier alpha value is -1.83. The van der Waals surface area contributed by atoms with Crippen molar-refractivity contribution in [1.29, 1.82) is 0 Å². The van der Waals surface area contributed by atoms with Crippen molar-refractivity contribution in [3.05, 3.63) is 5.82 Å². The number of amides is 2. The van der Waals surface area contributed by atoms with Gasteiger partial charge in [-0.3, -0.25) is 5.10 Å². The number of carbonyl (C=O) groups excluding carboxylic acids is 1. The molecule has 1 aliphatic heterocycles. The molecule has 1 aromatic rings. The first-order valence-corrected chi connectivity index (χ1v) is 7.00. The van der Waals surface area contributed by atoms with Crippen LogP contribution in [-0.4, -0.2) is 51.9 Å². The molecular formula is C12H22N6O2. The van der Waals surface area contributed by atoms with Crippen LogP contribution in [0.3, 0.4) is 0 Å². The number of ether oxygens (including phenoxy) is 1. The molecule has 1 atom stereocenters. The van der Waals surface area contributed by atoms with Crippen molar-refractivity contribution in [1.82, 2.24) is 25.4 Å². The van der Waals surface area contributed by atoms with Crippen LogP contribution in [0.5, 0.6) is 0 Å². The summed E-state index contributed by atoms with van der Waals surface area (Å²) in [5.74, 6) is 0.729. The second kappa shape index (κ2) is 7.09. The van der Waals surface area contributed by atoms with Crippen molar-refractivity contribution in [2.24, 2.45) is 0 Å². The van der Waals surface area contributed by atoms with Gasteiger partial charge in [-0.15, -0.1) is 5.10 Å². The second-order valence-electron chi connectivity index (χ2n) is 4.88. The van der Waals surface area contributed by atoms with Crippen LogP contribution in [0.25, 0.3) is 0 Å². The Morgan fingerprint density at radius 1 is 1.65 bits per heavy atom. The summed E-state index contributed by atoms with van der Waals surface area (Å²) in [6.45, 7) is 4.52. The number of aromatic nitrogens is 3. The minimum Gasteiger partial charge on any atom is -0.376 e. The van der Waals surface area contributed by atoms with E-state index in [9.17, 15) is 4.79 Å². The predicted octanol–water partition coefficient (Wildman–Crippen LogP) is 0.488. The highest BCUT2D eigenvalue weighted by Crippen LogP contribution is 2.13. The molecule has 0 aromatic carbocycles. The van der Waals surface area contributed by atoms with Crippen molar-refractivity contribution < 1.29 is 9.53 Å². The zero-order chi connectivity index (χ0) is 14.4. The molecule has 1 aromatic heterocycles. The van der Waals surface area contributed by atoms with Crippen molar-refractivity contribution in [3.8, 4) is 0 Å². The van der Waals surface area contributed by atoms with E-state index in [0.717, 1.165) is 32.4 Å². The molecule has 1 saturated heterocycles. The Bertz CT molecular complexity index is 435. The number of hydrogen-bond acceptors (Lipinski definition) is 5. The topological polar surface area (TPSA) is 109 Å². The molecule has 0 saturated carbocycles. The third-order valence-electron chi connectivity index (χ3n) is 3.18. The monoisotopic (exact) mass is 282 g/mol. The van der Waals surface area contributed by atoms with Crippen LogP contribution < -0.4 is 11.1 Å². The molecule has 2 amide bonds. The van der Waals surface area contributed by atoms with Gasteiger partial charge in [0.1, 0.15) is 5.82 Å². The van der Waals surface area contributed by atoms with E-state index in [0.29, 0.717) is 18.9 Å². The van der Waals surface area contributed by atoms with Gasteiger partial charge in [0.25, 0.3) is 0 Å². The van der Waals surface area contributed by atoms with E-state index in [-0.39, 0.29) is 18.1 Å². The summed E-state index contributed by atoms with van der Waals surface area (Å²) in [5, 5.41) is 9.17. The fourth-order valence-corrected chi connectivity index (χ4v) is 2.20. The van der Waals surface area contributed by atoms with Gasteiger partial charge in [0.15, 0.2) is 0 Å². The molecule has 2 heterocycles. The summed E-state index contributed by atoms with van der Waals surface area (Å²) in [7, 11) is 0. The molecule has 8 heteroatoms. The summed E-state index contributed by atoms with van der Waals surface area (Å²) in [4.78, 5) is 17.8. The predicted molar refractivity (Wildman–Crippen MR) is 73.9 cm³/mol.